The third kappa shape index (κ3) is 7.54. The van der Waals surface area contributed by atoms with Crippen LogP contribution in [0.3, 0.4) is 0 Å². The minimum atomic E-state index is -0.833. The molecule has 1 amide bonds. The summed E-state index contributed by atoms with van der Waals surface area (Å²) in [5, 5.41) is 10.7. The van der Waals surface area contributed by atoms with Crippen LogP contribution in [0.25, 0.3) is 11.0 Å². The van der Waals surface area contributed by atoms with Gasteiger partial charge < -0.3 is 24.4 Å². The number of para-hydroxylation sites is 1. The van der Waals surface area contributed by atoms with Gasteiger partial charge >= 0.3 is 12.1 Å². The molecule has 10 heteroatoms. The molecule has 1 saturated carbocycles. The van der Waals surface area contributed by atoms with Crippen LogP contribution in [0.5, 0.6) is 0 Å². The second-order valence-corrected chi connectivity index (χ2v) is 9.75. The van der Waals surface area contributed by atoms with Crippen LogP contribution < -0.4 is 10.2 Å². The summed E-state index contributed by atoms with van der Waals surface area (Å²) in [5.74, 6) is -0.0190. The molecule has 0 radical (unpaired) electrons. The molecule has 2 atom stereocenters. The summed E-state index contributed by atoms with van der Waals surface area (Å²) in [6, 6.07) is 6.65. The fraction of sp³-hybridized carbons (Fsp3) is 0.520. The maximum atomic E-state index is 12.7. The zero-order valence-electron chi connectivity index (χ0n) is 20.3. The van der Waals surface area contributed by atoms with Crippen LogP contribution in [0.15, 0.2) is 48.1 Å². The number of alkyl carbamates (subject to hydrolysis) is 1. The molecule has 188 valence electrons. The molecular formula is C25H32N4O6. The maximum Gasteiger partial charge on any atom is 0.408 e. The van der Waals surface area contributed by atoms with Crippen LogP contribution in [0, 0.1) is 5.92 Å². The van der Waals surface area contributed by atoms with Crippen LogP contribution in [-0.4, -0.2) is 58.4 Å². The normalized spacial score (nSPS) is 18.6. The van der Waals surface area contributed by atoms with Gasteiger partial charge in [-0.15, -0.1) is 5.10 Å². The van der Waals surface area contributed by atoms with E-state index in [1.165, 1.54) is 4.85 Å². The van der Waals surface area contributed by atoms with E-state index < -0.39 is 23.7 Å². The van der Waals surface area contributed by atoms with Gasteiger partial charge in [0.2, 0.25) is 6.79 Å². The Morgan fingerprint density at radius 1 is 1.23 bits per heavy atom. The summed E-state index contributed by atoms with van der Waals surface area (Å²) in [5.41, 5.74) is 1.73. The van der Waals surface area contributed by atoms with E-state index in [9.17, 15) is 9.59 Å². The first-order valence-electron chi connectivity index (χ1n) is 11.9. The maximum absolute atomic E-state index is 12.7. The number of benzene rings is 1. The average molecular weight is 485 g/mol. The fourth-order valence-electron chi connectivity index (χ4n) is 3.49. The molecule has 4 rings (SSSR count). The van der Waals surface area contributed by atoms with Gasteiger partial charge in [0.25, 0.3) is 0 Å². The lowest BCUT2D eigenvalue weighted by molar-refractivity contribution is -0.146. The number of carbonyl (C=O) groups excluding carboxylic acids is 2. The second-order valence-electron chi connectivity index (χ2n) is 9.75. The molecule has 1 aromatic carbocycles. The monoisotopic (exact) mass is 484 g/mol. The Morgan fingerprint density at radius 2 is 2.03 bits per heavy atom. The summed E-state index contributed by atoms with van der Waals surface area (Å²) >= 11 is 0. The second kappa shape index (κ2) is 10.9. The van der Waals surface area contributed by atoms with E-state index in [0.29, 0.717) is 25.4 Å². The molecule has 35 heavy (non-hydrogen) atoms. The summed E-state index contributed by atoms with van der Waals surface area (Å²) < 4.78 is 16.5. The Balaban J connectivity index is 1.27. The Labute approximate surface area is 204 Å². The number of fused-ring (bicyclic) bond motifs is 1. The van der Waals surface area contributed by atoms with E-state index in [4.69, 9.17) is 19.0 Å². The predicted octanol–water partition coefficient (Wildman–Crippen LogP) is 3.33. The molecule has 0 aliphatic heterocycles. The Hall–Kier alpha value is -3.40. The molecule has 2 aliphatic carbocycles. The number of esters is 1. The van der Waals surface area contributed by atoms with Crippen molar-refractivity contribution in [2.45, 2.75) is 64.2 Å². The Kier molecular flexibility index (Phi) is 7.70. The van der Waals surface area contributed by atoms with E-state index in [0.717, 1.165) is 29.4 Å². The lowest BCUT2D eigenvalue weighted by atomic mass is 9.99. The number of rotatable bonds is 10. The highest BCUT2D eigenvalue weighted by Gasteiger charge is 2.29. The molecule has 2 aromatic rings. The number of ether oxygens (including phenoxy) is 3. The lowest BCUT2D eigenvalue weighted by Crippen LogP contribution is -2.44. The average Bonchev–Trinajstić information content (AvgIpc) is 3.56. The number of nitrogens with zero attached hydrogens (tertiary/aromatic N) is 3. The zero-order chi connectivity index (χ0) is 24.8. The number of hydrogen-bond acceptors (Lipinski definition) is 8. The van der Waals surface area contributed by atoms with Crippen molar-refractivity contribution >= 4 is 23.1 Å². The van der Waals surface area contributed by atoms with Crippen LogP contribution in [0.1, 0.15) is 46.5 Å². The molecule has 0 saturated heterocycles. The Morgan fingerprint density at radius 3 is 2.74 bits per heavy atom. The van der Waals surface area contributed by atoms with E-state index in [1.807, 2.05) is 42.5 Å². The topological polar surface area (TPSA) is 114 Å². The van der Waals surface area contributed by atoms with Gasteiger partial charge in [0.05, 0.1) is 12.7 Å². The zero-order valence-corrected chi connectivity index (χ0v) is 20.3. The highest BCUT2D eigenvalue weighted by molar-refractivity contribution is 5.82. The van der Waals surface area contributed by atoms with Crippen molar-refractivity contribution in [1.29, 1.82) is 0 Å². The van der Waals surface area contributed by atoms with Crippen molar-refractivity contribution in [2.75, 3.05) is 13.4 Å². The molecule has 2 aliphatic rings. The van der Waals surface area contributed by atoms with E-state index in [1.54, 1.807) is 20.8 Å². The van der Waals surface area contributed by atoms with Crippen LogP contribution in [0.4, 0.5) is 4.79 Å². The summed E-state index contributed by atoms with van der Waals surface area (Å²) in [7, 11) is 0. The van der Waals surface area contributed by atoms with Gasteiger partial charge in [-0.05, 0) is 68.9 Å². The number of allylic oxidation sites excluding steroid dienone is 1. The van der Waals surface area contributed by atoms with E-state index in [2.05, 4.69) is 15.6 Å². The first kappa shape index (κ1) is 24.7. The molecule has 2 unspecified atom stereocenters. The van der Waals surface area contributed by atoms with Gasteiger partial charge in [0, 0.05) is 6.42 Å². The number of hydrogen-bond donors (Lipinski definition) is 1. The molecule has 0 bridgehead atoms. The number of carbonyl (C=O) groups is 2. The van der Waals surface area contributed by atoms with Crippen LogP contribution in [0.2, 0.25) is 0 Å². The smallest absolute Gasteiger partial charge is 0.408 e. The molecule has 1 aromatic heterocycles. The van der Waals surface area contributed by atoms with Crippen molar-refractivity contribution in [3.05, 3.63) is 48.1 Å². The number of nitrogens with one attached hydrogen (secondary N) is 1. The molecule has 1 fully saturated rings. The van der Waals surface area contributed by atoms with Crippen LogP contribution >= 0.6 is 0 Å². The van der Waals surface area contributed by atoms with Gasteiger partial charge in [-0.25, -0.2) is 9.59 Å². The van der Waals surface area contributed by atoms with Gasteiger partial charge in [0.1, 0.15) is 22.7 Å². The summed E-state index contributed by atoms with van der Waals surface area (Å²) in [6.45, 7) is 5.71. The van der Waals surface area contributed by atoms with Gasteiger partial charge in [0.15, 0.2) is 0 Å². The highest BCUT2D eigenvalue weighted by Crippen LogP contribution is 2.29. The first-order valence-corrected chi connectivity index (χ1v) is 11.9. The molecule has 0 spiro atoms. The summed E-state index contributed by atoms with van der Waals surface area (Å²) in [4.78, 5) is 31.9. The van der Waals surface area contributed by atoms with Gasteiger partial charge in [-0.1, -0.05) is 35.2 Å². The Bertz CT molecular complexity index is 1100. The standard InChI is InChI=1S/C25H32N4O6/c1-25(2,3)35-24(31)26-21(23(30)32-15-18-8-9-18)14-17-10-12-19(13-11-17)33-16-34-29-22-7-5-4-6-20(22)27-28-29/h4-7,10-12,18-19,21H,8-9,13-16H2,1-3H3,(H,26,31). The molecule has 1 heterocycles. The predicted molar refractivity (Wildman–Crippen MR) is 127 cm³/mol. The van der Waals surface area contributed by atoms with Crippen molar-refractivity contribution < 1.29 is 28.6 Å². The van der Waals surface area contributed by atoms with Gasteiger partial charge in [-0.2, -0.15) is 0 Å². The fourth-order valence-corrected chi connectivity index (χ4v) is 3.49. The third-order valence-electron chi connectivity index (χ3n) is 5.49. The SMILES string of the molecule is CC(C)(C)OC(=O)NC(CC1=CCC(OCOn2nnc3ccccc32)C=C1)C(=O)OCC1CC1. The molecular weight excluding hydrogens is 452 g/mol. The minimum Gasteiger partial charge on any atom is -0.464 e. The molecule has 10 nitrogen and oxygen atoms in total. The van der Waals surface area contributed by atoms with Gasteiger partial charge in [-0.3, -0.25) is 0 Å². The largest absolute Gasteiger partial charge is 0.464 e. The third-order valence-corrected chi connectivity index (χ3v) is 5.49. The van der Waals surface area contributed by atoms with Crippen molar-refractivity contribution in [3.63, 3.8) is 0 Å². The van der Waals surface area contributed by atoms with Crippen molar-refractivity contribution in [2.24, 2.45) is 5.92 Å². The highest BCUT2D eigenvalue weighted by atomic mass is 16.8. The summed E-state index contributed by atoms with van der Waals surface area (Å²) in [6.07, 6.45) is 7.98. The lowest BCUT2D eigenvalue weighted by Gasteiger charge is -2.24. The van der Waals surface area contributed by atoms with E-state index in [-0.39, 0.29) is 12.9 Å². The number of aromatic nitrogens is 3. The van der Waals surface area contributed by atoms with E-state index >= 15 is 0 Å². The number of amides is 1. The minimum absolute atomic E-state index is 0.00184. The van der Waals surface area contributed by atoms with Crippen LogP contribution in [-0.2, 0) is 19.0 Å². The van der Waals surface area contributed by atoms with Crippen molar-refractivity contribution in [3.8, 4) is 0 Å². The molecule has 1 N–H and O–H groups in total. The first-order chi connectivity index (χ1) is 16.8. The quantitative estimate of drug-likeness (QED) is 0.404. The van der Waals surface area contributed by atoms with Crippen molar-refractivity contribution in [1.82, 2.24) is 20.5 Å².